The van der Waals surface area contributed by atoms with Crippen molar-refractivity contribution in [2.75, 3.05) is 7.05 Å². The van der Waals surface area contributed by atoms with Crippen LogP contribution in [0.5, 0.6) is 0 Å². The van der Waals surface area contributed by atoms with Crippen molar-refractivity contribution in [2.45, 2.75) is 32.7 Å². The predicted molar refractivity (Wildman–Crippen MR) is 137 cm³/mol. The molecule has 0 fully saturated rings. The third-order valence-electron chi connectivity index (χ3n) is 6.11. The van der Waals surface area contributed by atoms with E-state index < -0.39 is 5.97 Å². The highest BCUT2D eigenvalue weighted by atomic mass is 19.1. The monoisotopic (exact) mass is 485 g/mol. The molecule has 3 aromatic carbocycles. The molecule has 36 heavy (non-hydrogen) atoms. The summed E-state index contributed by atoms with van der Waals surface area (Å²) in [4.78, 5) is 35.5. The minimum Gasteiger partial charge on any atom is -0.481 e. The van der Waals surface area contributed by atoms with Gasteiger partial charge in [-0.25, -0.2) is 14.4 Å². The largest absolute Gasteiger partial charge is 0.481 e. The first kappa shape index (κ1) is 25.0. The summed E-state index contributed by atoms with van der Waals surface area (Å²) in [6.45, 7) is 2.26. The van der Waals surface area contributed by atoms with Gasteiger partial charge >= 0.3 is 5.97 Å². The van der Waals surface area contributed by atoms with Crippen LogP contribution < -0.4 is 0 Å². The highest BCUT2D eigenvalue weighted by molar-refractivity contribution is 5.97. The third-order valence-corrected chi connectivity index (χ3v) is 6.11. The lowest BCUT2D eigenvalue weighted by atomic mass is 9.98. The Labute approximate surface area is 209 Å². The van der Waals surface area contributed by atoms with Gasteiger partial charge < -0.3 is 10.0 Å². The number of aryl methyl sites for hydroxylation is 1. The molecule has 184 valence electrons. The number of hydrogen-bond acceptors (Lipinski definition) is 4. The summed E-state index contributed by atoms with van der Waals surface area (Å²) in [5, 5.41) is 9.11. The van der Waals surface area contributed by atoms with Crippen LogP contribution in [0.2, 0.25) is 0 Å². The first-order valence-electron chi connectivity index (χ1n) is 11.9. The fraction of sp³-hybridized carbons (Fsp3) is 0.241. The van der Waals surface area contributed by atoms with Gasteiger partial charge in [-0.2, -0.15) is 0 Å². The SMILES string of the molecule is CC(CCc1nc2cc(C(=O)N(C)Cc3ccc(F)cc3)ccc2nc1-c1ccccc1)CC(=O)O. The Bertz CT molecular complexity index is 1370. The van der Waals surface area contributed by atoms with E-state index in [1.54, 1.807) is 42.3 Å². The molecule has 1 amide bonds. The van der Waals surface area contributed by atoms with Crippen LogP contribution in [-0.2, 0) is 17.8 Å². The molecule has 1 N–H and O–H groups in total. The molecule has 1 heterocycles. The molecular weight excluding hydrogens is 457 g/mol. The summed E-state index contributed by atoms with van der Waals surface area (Å²) in [7, 11) is 1.70. The van der Waals surface area contributed by atoms with E-state index in [-0.39, 0.29) is 24.1 Å². The molecule has 1 atom stereocenters. The predicted octanol–water partition coefficient (Wildman–Crippen LogP) is 5.75. The zero-order valence-electron chi connectivity index (χ0n) is 20.3. The fourth-order valence-corrected chi connectivity index (χ4v) is 4.16. The number of carbonyl (C=O) groups excluding carboxylic acids is 1. The smallest absolute Gasteiger partial charge is 0.303 e. The average molecular weight is 486 g/mol. The number of amides is 1. The number of fused-ring (bicyclic) bond motifs is 1. The molecule has 0 bridgehead atoms. The lowest BCUT2D eigenvalue weighted by Crippen LogP contribution is -2.26. The van der Waals surface area contributed by atoms with Crippen molar-refractivity contribution in [3.05, 3.63) is 95.4 Å². The highest BCUT2D eigenvalue weighted by Gasteiger charge is 2.17. The number of halogens is 1. The average Bonchev–Trinajstić information content (AvgIpc) is 2.87. The quantitative estimate of drug-likeness (QED) is 0.326. The Morgan fingerprint density at radius 3 is 2.39 bits per heavy atom. The zero-order chi connectivity index (χ0) is 25.7. The molecule has 0 aliphatic heterocycles. The molecule has 1 unspecified atom stereocenters. The maximum Gasteiger partial charge on any atom is 0.303 e. The van der Waals surface area contributed by atoms with E-state index in [2.05, 4.69) is 0 Å². The number of rotatable bonds is 9. The lowest BCUT2D eigenvalue weighted by Gasteiger charge is -2.18. The van der Waals surface area contributed by atoms with Crippen LogP contribution in [-0.4, -0.2) is 38.9 Å². The summed E-state index contributed by atoms with van der Waals surface area (Å²) in [5.74, 6) is -1.31. The van der Waals surface area contributed by atoms with Gasteiger partial charge in [0.05, 0.1) is 22.4 Å². The second kappa shape index (κ2) is 11.1. The zero-order valence-corrected chi connectivity index (χ0v) is 20.3. The first-order valence-corrected chi connectivity index (χ1v) is 11.9. The van der Waals surface area contributed by atoms with E-state index in [4.69, 9.17) is 15.1 Å². The van der Waals surface area contributed by atoms with Gasteiger partial charge in [0.15, 0.2) is 0 Å². The summed E-state index contributed by atoms with van der Waals surface area (Å²) >= 11 is 0. The summed E-state index contributed by atoms with van der Waals surface area (Å²) in [5.41, 5.74) is 5.07. The lowest BCUT2D eigenvalue weighted by molar-refractivity contribution is -0.138. The van der Waals surface area contributed by atoms with Crippen LogP contribution in [0.3, 0.4) is 0 Å². The minimum atomic E-state index is -0.816. The van der Waals surface area contributed by atoms with Crippen LogP contribution >= 0.6 is 0 Å². The Morgan fingerprint density at radius 1 is 0.972 bits per heavy atom. The van der Waals surface area contributed by atoms with Crippen molar-refractivity contribution < 1.29 is 19.1 Å². The van der Waals surface area contributed by atoms with Gasteiger partial charge in [-0.3, -0.25) is 9.59 Å². The number of nitrogens with zero attached hydrogens (tertiary/aromatic N) is 3. The number of aliphatic carboxylic acids is 1. The molecule has 0 saturated carbocycles. The second-order valence-corrected chi connectivity index (χ2v) is 9.12. The van der Waals surface area contributed by atoms with Crippen molar-refractivity contribution in [1.29, 1.82) is 0 Å². The molecule has 7 heteroatoms. The molecule has 4 aromatic rings. The van der Waals surface area contributed by atoms with Gasteiger partial charge in [-0.1, -0.05) is 49.4 Å². The van der Waals surface area contributed by atoms with Gasteiger partial charge in [-0.05, 0) is 54.7 Å². The molecule has 0 aliphatic rings. The van der Waals surface area contributed by atoms with E-state index in [0.717, 1.165) is 22.5 Å². The molecule has 0 spiro atoms. The van der Waals surface area contributed by atoms with E-state index in [1.165, 1.54) is 12.1 Å². The van der Waals surface area contributed by atoms with Crippen LogP contribution in [0.1, 0.15) is 41.4 Å². The van der Waals surface area contributed by atoms with Gasteiger partial charge in [0.1, 0.15) is 5.82 Å². The number of benzene rings is 3. The van der Waals surface area contributed by atoms with Gasteiger partial charge in [0, 0.05) is 31.1 Å². The Morgan fingerprint density at radius 2 is 1.69 bits per heavy atom. The standard InChI is InChI=1S/C29H28FN3O3/c1-19(16-27(34)35)8-14-25-28(21-6-4-3-5-7-21)32-24-15-11-22(17-26(24)31-25)29(36)33(2)18-20-9-12-23(30)13-10-20/h3-7,9-13,15,17,19H,8,14,16,18H2,1-2H3,(H,34,35). The second-order valence-electron chi connectivity index (χ2n) is 9.12. The molecule has 4 rings (SSSR count). The maximum atomic E-state index is 13.2. The highest BCUT2D eigenvalue weighted by Crippen LogP contribution is 2.26. The normalized spacial score (nSPS) is 11.9. The third kappa shape index (κ3) is 6.10. The molecule has 0 aliphatic carbocycles. The molecule has 0 saturated heterocycles. The van der Waals surface area contributed by atoms with Gasteiger partial charge in [0.2, 0.25) is 0 Å². The summed E-state index contributed by atoms with van der Waals surface area (Å²) < 4.78 is 13.2. The maximum absolute atomic E-state index is 13.2. The molecule has 0 radical (unpaired) electrons. The Balaban J connectivity index is 1.63. The van der Waals surface area contributed by atoms with Gasteiger partial charge in [0.25, 0.3) is 5.91 Å². The summed E-state index contributed by atoms with van der Waals surface area (Å²) in [6, 6.07) is 21.1. The van der Waals surface area contributed by atoms with Crippen molar-refractivity contribution >= 4 is 22.9 Å². The van der Waals surface area contributed by atoms with Crippen LogP contribution in [0.4, 0.5) is 4.39 Å². The van der Waals surface area contributed by atoms with Crippen LogP contribution in [0, 0.1) is 11.7 Å². The van der Waals surface area contributed by atoms with Gasteiger partial charge in [-0.15, -0.1) is 0 Å². The van der Waals surface area contributed by atoms with Crippen molar-refractivity contribution in [3.63, 3.8) is 0 Å². The van der Waals surface area contributed by atoms with E-state index >= 15 is 0 Å². The number of carboxylic acids is 1. The van der Waals surface area contributed by atoms with E-state index in [9.17, 15) is 14.0 Å². The number of carbonyl (C=O) groups is 2. The molecular formula is C29H28FN3O3. The van der Waals surface area contributed by atoms with Crippen LogP contribution in [0.25, 0.3) is 22.3 Å². The molecule has 1 aromatic heterocycles. The van der Waals surface area contributed by atoms with E-state index in [1.807, 2.05) is 37.3 Å². The number of aromatic nitrogens is 2. The summed E-state index contributed by atoms with van der Waals surface area (Å²) in [6.07, 6.45) is 1.33. The first-order chi connectivity index (χ1) is 17.3. The van der Waals surface area contributed by atoms with E-state index in [0.29, 0.717) is 36.0 Å². The van der Waals surface area contributed by atoms with Crippen molar-refractivity contribution in [2.24, 2.45) is 5.92 Å². The van der Waals surface area contributed by atoms with Crippen LogP contribution in [0.15, 0.2) is 72.8 Å². The minimum absolute atomic E-state index is 0.00311. The van der Waals surface area contributed by atoms with Crippen molar-refractivity contribution in [3.8, 4) is 11.3 Å². The molecule has 6 nitrogen and oxygen atoms in total. The fourth-order valence-electron chi connectivity index (χ4n) is 4.16. The van der Waals surface area contributed by atoms with Crippen molar-refractivity contribution in [1.82, 2.24) is 14.9 Å². The Hall–Kier alpha value is -4.13. The topological polar surface area (TPSA) is 83.4 Å². The number of carboxylic acid groups (broad SMARTS) is 1. The Kier molecular flexibility index (Phi) is 7.68. The number of hydrogen-bond donors (Lipinski definition) is 1.